The number of Topliss-reactive ketones (excluding diaryl/α,β-unsaturated/α-hetero) is 1. The van der Waals surface area contributed by atoms with Crippen LogP contribution in [0.5, 0.6) is 5.75 Å². The number of esters is 1. The standard InChI is InChI=1S/C34H42FO11P/c1-5-42-30(40)20(2)45-47(41,46-23-9-7-6-8-10-23)19-29-43-28-16-25-24-12-11-21-15-22(37)13-14-31(21,3)33(24,35)26(38)17-32(25,4)34(28,44-29)27(39)18-36/h6-11,13-14,20,24-26,28-29,36,38H,5,12,15-19H2,1-4H3/t20-,24+,25+,26+,28-,29?,31+,32+,33+,34-,47?/m1/s1. The SMILES string of the molecule is CCOC(=O)[C@@H](C)OP(=O)(CC1O[C@@H]2C[C@H]3[C@@H]4CC=C5CC(=O)C=C[C@]5(C)[C@@]4(F)[C@@H](O)C[C@]3(C)[C@]2(C(=O)CO)O1)Oc1ccccc1. The highest BCUT2D eigenvalue weighted by Crippen LogP contribution is 2.71. The molecule has 0 radical (unpaired) electrons. The largest absolute Gasteiger partial charge is 0.464 e. The van der Waals surface area contributed by atoms with Crippen LogP contribution in [0.4, 0.5) is 4.39 Å². The third-order valence-corrected chi connectivity index (χ3v) is 13.1. The number of carbonyl (C=O) groups excluding carboxylic acids is 3. The van der Waals surface area contributed by atoms with E-state index in [4.69, 9.17) is 23.3 Å². The second-order valence-electron chi connectivity index (χ2n) is 13.7. The Bertz CT molecular complexity index is 1550. The first-order valence-electron chi connectivity index (χ1n) is 16.1. The molecule has 13 heteroatoms. The van der Waals surface area contributed by atoms with Crippen LogP contribution in [0.25, 0.3) is 0 Å². The number of rotatable bonds is 10. The number of ketones is 2. The van der Waals surface area contributed by atoms with Crippen LogP contribution in [0.15, 0.2) is 54.1 Å². The van der Waals surface area contributed by atoms with Crippen molar-refractivity contribution in [2.75, 3.05) is 19.4 Å². The fourth-order valence-electron chi connectivity index (χ4n) is 9.10. The number of para-hydroxylation sites is 1. The van der Waals surface area contributed by atoms with Gasteiger partial charge in [-0.2, -0.15) is 0 Å². The average molecular weight is 677 g/mol. The number of hydrogen-bond acceptors (Lipinski definition) is 11. The number of alkyl halides is 1. The molecule has 2 N–H and O–H groups in total. The minimum Gasteiger partial charge on any atom is -0.464 e. The predicted octanol–water partition coefficient (Wildman–Crippen LogP) is 4.25. The first-order valence-corrected chi connectivity index (χ1v) is 17.8. The third kappa shape index (κ3) is 5.09. The molecular formula is C34H42FO11P. The summed E-state index contributed by atoms with van der Waals surface area (Å²) in [5.41, 5.74) is -5.76. The number of halogens is 1. The lowest BCUT2D eigenvalue weighted by atomic mass is 9.45. The van der Waals surface area contributed by atoms with Crippen molar-refractivity contribution in [3.05, 3.63) is 54.1 Å². The summed E-state index contributed by atoms with van der Waals surface area (Å²) in [5.74, 6) is -2.66. The lowest BCUT2D eigenvalue weighted by Gasteiger charge is -2.62. The summed E-state index contributed by atoms with van der Waals surface area (Å²) >= 11 is 0. The van der Waals surface area contributed by atoms with E-state index in [2.05, 4.69) is 0 Å². The predicted molar refractivity (Wildman–Crippen MR) is 165 cm³/mol. The second kappa shape index (κ2) is 12.0. The highest BCUT2D eigenvalue weighted by atomic mass is 31.2. The Kier molecular flexibility index (Phi) is 8.72. The highest BCUT2D eigenvalue weighted by Gasteiger charge is 2.79. The molecule has 256 valence electrons. The molecule has 0 bridgehead atoms. The van der Waals surface area contributed by atoms with Crippen LogP contribution in [0, 0.1) is 22.7 Å². The van der Waals surface area contributed by atoms with E-state index in [0.717, 1.165) is 0 Å². The van der Waals surface area contributed by atoms with Crippen molar-refractivity contribution in [3.8, 4) is 5.75 Å². The number of fused-ring (bicyclic) bond motifs is 7. The van der Waals surface area contributed by atoms with Crippen LogP contribution in [0.1, 0.15) is 53.4 Å². The fourth-order valence-corrected chi connectivity index (χ4v) is 10.8. The molecule has 0 spiro atoms. The Morgan fingerprint density at radius 1 is 1.19 bits per heavy atom. The first-order chi connectivity index (χ1) is 22.2. The molecule has 1 aliphatic heterocycles. The molecule has 6 rings (SSSR count). The Morgan fingerprint density at radius 3 is 2.60 bits per heavy atom. The van der Waals surface area contributed by atoms with Crippen molar-refractivity contribution < 1.29 is 56.8 Å². The zero-order chi connectivity index (χ0) is 34.0. The van der Waals surface area contributed by atoms with Gasteiger partial charge in [0.05, 0.1) is 18.8 Å². The van der Waals surface area contributed by atoms with Crippen molar-refractivity contribution in [1.29, 1.82) is 0 Å². The molecule has 47 heavy (non-hydrogen) atoms. The Labute approximate surface area is 273 Å². The van der Waals surface area contributed by atoms with Crippen molar-refractivity contribution in [1.82, 2.24) is 0 Å². The zero-order valence-electron chi connectivity index (χ0n) is 26.9. The molecule has 5 aliphatic rings. The number of carbonyl (C=O) groups is 3. The summed E-state index contributed by atoms with van der Waals surface area (Å²) < 4.78 is 61.2. The molecule has 11 nitrogen and oxygen atoms in total. The minimum absolute atomic E-state index is 0.0749. The summed E-state index contributed by atoms with van der Waals surface area (Å²) in [6, 6.07) is 8.20. The van der Waals surface area contributed by atoms with Gasteiger partial charge < -0.3 is 28.9 Å². The molecule has 2 saturated carbocycles. The lowest BCUT2D eigenvalue weighted by molar-refractivity contribution is -0.224. The zero-order valence-corrected chi connectivity index (χ0v) is 27.8. The summed E-state index contributed by atoms with van der Waals surface area (Å²) in [7, 11) is -4.24. The second-order valence-corrected chi connectivity index (χ2v) is 15.7. The van der Waals surface area contributed by atoms with Gasteiger partial charge in [-0.05, 0) is 64.2 Å². The maximum absolute atomic E-state index is 17.6. The van der Waals surface area contributed by atoms with Gasteiger partial charge in [-0.3, -0.25) is 14.1 Å². The van der Waals surface area contributed by atoms with Gasteiger partial charge in [0.25, 0.3) is 0 Å². The maximum atomic E-state index is 17.6. The molecule has 1 aromatic rings. The summed E-state index contributed by atoms with van der Waals surface area (Å²) in [5, 5.41) is 22.0. The van der Waals surface area contributed by atoms with Gasteiger partial charge in [-0.1, -0.05) is 42.8 Å². The number of ether oxygens (including phenoxy) is 3. The number of hydrogen-bond donors (Lipinski definition) is 2. The van der Waals surface area contributed by atoms with Gasteiger partial charge in [0, 0.05) is 23.2 Å². The van der Waals surface area contributed by atoms with Crippen molar-refractivity contribution >= 4 is 25.1 Å². The van der Waals surface area contributed by atoms with E-state index < -0.39 is 90.7 Å². The van der Waals surface area contributed by atoms with Crippen LogP contribution in [-0.4, -0.2) is 83.0 Å². The van der Waals surface area contributed by atoms with Crippen LogP contribution in [0.2, 0.25) is 0 Å². The molecule has 1 saturated heterocycles. The molecule has 0 aromatic heterocycles. The van der Waals surface area contributed by atoms with Crippen LogP contribution in [0.3, 0.4) is 0 Å². The molecule has 1 heterocycles. The minimum atomic E-state index is -4.24. The molecular weight excluding hydrogens is 634 g/mol. The summed E-state index contributed by atoms with van der Waals surface area (Å²) in [4.78, 5) is 38.4. The number of benzene rings is 1. The molecule has 1 aromatic carbocycles. The van der Waals surface area contributed by atoms with Gasteiger partial charge in [-0.25, -0.2) is 13.8 Å². The summed E-state index contributed by atoms with van der Waals surface area (Å²) in [6.45, 7) is 5.63. The van der Waals surface area contributed by atoms with Gasteiger partial charge >= 0.3 is 13.6 Å². The van der Waals surface area contributed by atoms with Gasteiger partial charge in [0.2, 0.25) is 0 Å². The van der Waals surface area contributed by atoms with E-state index in [1.165, 1.54) is 13.0 Å². The Morgan fingerprint density at radius 2 is 1.91 bits per heavy atom. The number of allylic oxidation sites excluding steroid dienone is 4. The Hall–Kier alpha value is -2.73. The van der Waals surface area contributed by atoms with E-state index >= 15 is 4.39 Å². The van der Waals surface area contributed by atoms with E-state index in [1.807, 2.05) is 6.08 Å². The Balaban J connectivity index is 1.32. The number of aliphatic hydroxyl groups is 2. The molecule has 4 aliphatic carbocycles. The fraction of sp³-hybridized carbons (Fsp3) is 0.618. The molecule has 3 fully saturated rings. The molecule has 0 amide bonds. The summed E-state index contributed by atoms with van der Waals surface area (Å²) in [6.07, 6.45) is -0.587. The third-order valence-electron chi connectivity index (χ3n) is 11.3. The van der Waals surface area contributed by atoms with Gasteiger partial charge in [0.15, 0.2) is 35.2 Å². The average Bonchev–Trinajstić information content (AvgIpc) is 3.49. The first kappa shape index (κ1) is 34.1. The molecule has 2 unspecified atom stereocenters. The normalized spacial score (nSPS) is 40.6. The van der Waals surface area contributed by atoms with Gasteiger partial charge in [0.1, 0.15) is 18.5 Å². The van der Waals surface area contributed by atoms with E-state index in [1.54, 1.807) is 57.2 Å². The quantitative estimate of drug-likeness (QED) is 0.208. The topological polar surface area (TPSA) is 155 Å². The lowest BCUT2D eigenvalue weighted by Crippen LogP contribution is -2.69. The monoisotopic (exact) mass is 676 g/mol. The van der Waals surface area contributed by atoms with Crippen LogP contribution in [-0.2, 0) is 37.7 Å². The van der Waals surface area contributed by atoms with Crippen molar-refractivity contribution in [3.63, 3.8) is 0 Å². The van der Waals surface area contributed by atoms with Crippen LogP contribution >= 0.6 is 7.60 Å². The molecule has 11 atom stereocenters. The van der Waals surface area contributed by atoms with Crippen molar-refractivity contribution in [2.45, 2.75) is 89.2 Å². The van der Waals surface area contributed by atoms with Gasteiger partial charge in [-0.15, -0.1) is 0 Å². The maximum Gasteiger partial charge on any atom is 0.385 e. The van der Waals surface area contributed by atoms with Crippen LogP contribution < -0.4 is 4.52 Å². The smallest absolute Gasteiger partial charge is 0.385 e. The number of aliphatic hydroxyl groups excluding tert-OH is 2. The highest BCUT2D eigenvalue weighted by molar-refractivity contribution is 7.54. The van der Waals surface area contributed by atoms with E-state index in [0.29, 0.717) is 5.57 Å². The van der Waals surface area contributed by atoms with Crippen molar-refractivity contribution in [2.24, 2.45) is 22.7 Å². The van der Waals surface area contributed by atoms with E-state index in [9.17, 15) is 29.2 Å². The van der Waals surface area contributed by atoms with E-state index in [-0.39, 0.29) is 43.8 Å².